The third-order valence-corrected chi connectivity index (χ3v) is 7.01. The topological polar surface area (TPSA) is 73.7 Å². The summed E-state index contributed by atoms with van der Waals surface area (Å²) < 4.78 is 7.85. The van der Waals surface area contributed by atoms with Gasteiger partial charge in [-0.1, -0.05) is 17.5 Å². The summed E-state index contributed by atoms with van der Waals surface area (Å²) in [4.78, 5) is 28.9. The van der Waals surface area contributed by atoms with Crippen LogP contribution < -0.4 is 15.4 Å². The number of ether oxygens (including phenoxy) is 1. The van der Waals surface area contributed by atoms with Crippen LogP contribution in [0.25, 0.3) is 0 Å². The lowest BCUT2D eigenvalue weighted by Crippen LogP contribution is -2.49. The fraction of sp³-hybridized carbons (Fsp3) is 0.233. The number of carbonyl (C=O) groups is 2. The van der Waals surface area contributed by atoms with Gasteiger partial charge in [-0.2, -0.15) is 0 Å². The molecule has 2 heterocycles. The van der Waals surface area contributed by atoms with Crippen LogP contribution in [-0.2, 0) is 0 Å². The highest BCUT2D eigenvalue weighted by atomic mass is 35.5. The fourth-order valence-electron chi connectivity index (χ4n) is 4.48. The molecular formula is C30H28ClN4O3+. The monoisotopic (exact) mass is 527 g/mol. The van der Waals surface area contributed by atoms with Crippen LogP contribution in [-0.4, -0.2) is 60.4 Å². The highest BCUT2D eigenvalue weighted by Crippen LogP contribution is 2.33. The van der Waals surface area contributed by atoms with E-state index in [-0.39, 0.29) is 22.9 Å². The maximum atomic E-state index is 13.3. The van der Waals surface area contributed by atoms with Crippen molar-refractivity contribution in [1.82, 2.24) is 4.90 Å². The molecule has 2 aliphatic rings. The number of nitrogens with one attached hydrogen (secondary N) is 2. The Kier molecular flexibility index (Phi) is 7.34. The van der Waals surface area contributed by atoms with Crippen molar-refractivity contribution in [2.45, 2.75) is 12.8 Å². The molecule has 0 spiro atoms. The zero-order valence-corrected chi connectivity index (χ0v) is 21.8. The van der Waals surface area contributed by atoms with Crippen molar-refractivity contribution in [1.29, 1.82) is 0 Å². The van der Waals surface area contributed by atoms with Crippen molar-refractivity contribution in [2.75, 3.05) is 43.9 Å². The Balaban J connectivity index is 1.39. The fourth-order valence-corrected chi connectivity index (χ4v) is 4.68. The van der Waals surface area contributed by atoms with Crippen LogP contribution in [0.4, 0.5) is 11.4 Å². The number of methoxy groups -OCH3 is 1. The number of nitrogens with zero attached hydrogens (tertiary/aromatic N) is 2. The highest BCUT2D eigenvalue weighted by molar-refractivity contribution is 6.31. The summed E-state index contributed by atoms with van der Waals surface area (Å²) in [6, 6.07) is 17.5. The number of benzene rings is 3. The molecule has 0 atom stereocenters. The predicted octanol–water partition coefficient (Wildman–Crippen LogP) is 4.70. The number of amidine groups is 1. The maximum absolute atomic E-state index is 13.3. The molecule has 3 aromatic rings. The molecule has 192 valence electrons. The van der Waals surface area contributed by atoms with Crippen LogP contribution >= 0.6 is 11.6 Å². The number of likely N-dealkylation sites (tertiary alicyclic amines) is 1. The van der Waals surface area contributed by atoms with Gasteiger partial charge < -0.3 is 15.4 Å². The number of anilines is 2. The van der Waals surface area contributed by atoms with Crippen molar-refractivity contribution < 1.29 is 18.9 Å². The number of terminal acetylenes is 1. The lowest BCUT2D eigenvalue weighted by Gasteiger charge is -2.31. The Labute approximate surface area is 227 Å². The summed E-state index contributed by atoms with van der Waals surface area (Å²) >= 11 is 6.27. The van der Waals surface area contributed by atoms with Gasteiger partial charge in [0.1, 0.15) is 5.75 Å². The van der Waals surface area contributed by atoms with E-state index in [0.717, 1.165) is 31.7 Å². The summed E-state index contributed by atoms with van der Waals surface area (Å²) in [5.74, 6) is 3.25. The van der Waals surface area contributed by atoms with E-state index in [2.05, 4.69) is 26.0 Å². The molecule has 0 radical (unpaired) electrons. The largest absolute Gasteiger partial charge is 0.494 e. The Morgan fingerprint density at radius 1 is 0.947 bits per heavy atom. The smallest absolute Gasteiger partial charge is 0.279 e. The van der Waals surface area contributed by atoms with Crippen molar-refractivity contribution in [2.24, 2.45) is 0 Å². The van der Waals surface area contributed by atoms with E-state index in [1.807, 2.05) is 12.1 Å². The van der Waals surface area contributed by atoms with Crippen molar-refractivity contribution in [3.05, 3.63) is 87.9 Å². The normalized spacial score (nSPS) is 14.0. The van der Waals surface area contributed by atoms with Crippen LogP contribution in [0, 0.1) is 12.3 Å². The maximum Gasteiger partial charge on any atom is 0.279 e. The molecule has 2 saturated heterocycles. The van der Waals surface area contributed by atoms with E-state index in [1.165, 1.54) is 31.9 Å². The van der Waals surface area contributed by atoms with E-state index >= 15 is 0 Å². The van der Waals surface area contributed by atoms with Gasteiger partial charge in [0, 0.05) is 40.7 Å². The van der Waals surface area contributed by atoms with Crippen LogP contribution in [0.5, 0.6) is 5.75 Å². The molecule has 5 rings (SSSR count). The predicted molar refractivity (Wildman–Crippen MR) is 150 cm³/mol. The van der Waals surface area contributed by atoms with Gasteiger partial charge in [0.15, 0.2) is 0 Å². The third kappa shape index (κ3) is 5.22. The number of rotatable bonds is 6. The SMILES string of the molecule is C#Cc1ccc(NC(=O)c2cc(Cl)cc(OC)c2NC(=O)c2ccc(C(N3CCC3)=[N+]3CCC3)cc2)cc1. The van der Waals surface area contributed by atoms with E-state index in [0.29, 0.717) is 21.8 Å². The Morgan fingerprint density at radius 2 is 1.63 bits per heavy atom. The number of halogens is 1. The minimum absolute atomic E-state index is 0.173. The first-order valence-electron chi connectivity index (χ1n) is 12.5. The molecule has 2 amide bonds. The van der Waals surface area contributed by atoms with E-state index in [9.17, 15) is 9.59 Å². The molecule has 0 unspecified atom stereocenters. The number of hydrogen-bond donors (Lipinski definition) is 2. The van der Waals surface area contributed by atoms with Gasteiger partial charge in [0.05, 0.1) is 50.1 Å². The van der Waals surface area contributed by atoms with Crippen LogP contribution in [0.3, 0.4) is 0 Å². The molecule has 0 bridgehead atoms. The van der Waals surface area contributed by atoms with Crippen molar-refractivity contribution in [3.8, 4) is 18.1 Å². The van der Waals surface area contributed by atoms with Crippen LogP contribution in [0.15, 0.2) is 60.7 Å². The summed E-state index contributed by atoms with van der Waals surface area (Å²) in [5.41, 5.74) is 3.22. The van der Waals surface area contributed by atoms with E-state index in [4.69, 9.17) is 22.8 Å². The molecule has 0 aliphatic carbocycles. The first-order valence-corrected chi connectivity index (χ1v) is 12.9. The van der Waals surface area contributed by atoms with Crippen LogP contribution in [0.2, 0.25) is 5.02 Å². The van der Waals surface area contributed by atoms with E-state index in [1.54, 1.807) is 42.5 Å². The van der Waals surface area contributed by atoms with Crippen LogP contribution in [0.1, 0.15) is 44.7 Å². The molecule has 38 heavy (non-hydrogen) atoms. The second kappa shape index (κ2) is 11.0. The standard InChI is InChI=1S/C30H27ClN4O3/c1-3-20-6-12-24(13-7-20)32-29(37)25-18-23(31)19-26(38-2)27(25)33-28(36)21-8-10-22(11-9-21)30(34-14-4-15-34)35-16-5-17-35/h1,6-13,18-19H,4-5,14-17H2,2H3,(H-,32,33,36,37)/p+1. The van der Waals surface area contributed by atoms with Crippen molar-refractivity contribution >= 4 is 40.6 Å². The second-order valence-electron chi connectivity index (χ2n) is 9.24. The molecule has 2 fully saturated rings. The average Bonchev–Trinajstić information content (AvgIpc) is 2.87. The zero-order valence-electron chi connectivity index (χ0n) is 21.1. The molecule has 2 N–H and O–H groups in total. The van der Waals surface area contributed by atoms with Gasteiger partial charge in [0.25, 0.3) is 17.6 Å². The molecule has 0 saturated carbocycles. The van der Waals surface area contributed by atoms with Gasteiger partial charge in [-0.25, -0.2) is 0 Å². The molecule has 2 aliphatic heterocycles. The second-order valence-corrected chi connectivity index (χ2v) is 9.68. The van der Waals surface area contributed by atoms with Gasteiger partial charge in [-0.15, -0.1) is 6.42 Å². The van der Waals surface area contributed by atoms with Gasteiger partial charge in [-0.3, -0.25) is 19.1 Å². The average molecular weight is 528 g/mol. The summed E-state index contributed by atoms with van der Waals surface area (Å²) in [7, 11) is 1.46. The minimum atomic E-state index is -0.451. The summed E-state index contributed by atoms with van der Waals surface area (Å²) in [5, 5.41) is 5.98. The molecule has 3 aromatic carbocycles. The lowest BCUT2D eigenvalue weighted by molar-refractivity contribution is -0.587. The van der Waals surface area contributed by atoms with Gasteiger partial charge in [0.2, 0.25) is 0 Å². The number of hydrogen-bond acceptors (Lipinski definition) is 3. The zero-order chi connectivity index (χ0) is 26.6. The Bertz CT molecular complexity index is 1450. The lowest BCUT2D eigenvalue weighted by atomic mass is 10.1. The van der Waals surface area contributed by atoms with Gasteiger partial charge >= 0.3 is 0 Å². The molecule has 7 nitrogen and oxygen atoms in total. The summed E-state index contributed by atoms with van der Waals surface area (Å²) in [6.45, 7) is 4.24. The number of amides is 2. The molecular weight excluding hydrogens is 500 g/mol. The first kappa shape index (κ1) is 25.4. The van der Waals surface area contributed by atoms with Gasteiger partial charge in [-0.05, 0) is 54.6 Å². The summed E-state index contributed by atoms with van der Waals surface area (Å²) in [6.07, 6.45) is 7.81. The molecule has 0 aromatic heterocycles. The van der Waals surface area contributed by atoms with Crippen molar-refractivity contribution in [3.63, 3.8) is 0 Å². The minimum Gasteiger partial charge on any atom is -0.494 e. The molecule has 8 heteroatoms. The van der Waals surface area contributed by atoms with E-state index < -0.39 is 5.91 Å². The Hall–Kier alpha value is -4.28. The Morgan fingerprint density at radius 3 is 2.18 bits per heavy atom. The first-order chi connectivity index (χ1) is 18.5. The quantitative estimate of drug-likeness (QED) is 0.277. The highest BCUT2D eigenvalue weighted by Gasteiger charge is 2.32. The third-order valence-electron chi connectivity index (χ3n) is 6.80. The number of carbonyl (C=O) groups excluding carboxylic acids is 2.